The van der Waals surface area contributed by atoms with E-state index in [9.17, 15) is 9.59 Å². The van der Waals surface area contributed by atoms with Gasteiger partial charge in [-0.15, -0.1) is 0 Å². The lowest BCUT2D eigenvalue weighted by Gasteiger charge is -2.17. The van der Waals surface area contributed by atoms with Crippen LogP contribution in [-0.2, 0) is 4.79 Å². The summed E-state index contributed by atoms with van der Waals surface area (Å²) < 4.78 is 0. The van der Waals surface area contributed by atoms with Crippen molar-refractivity contribution in [2.45, 2.75) is 33.1 Å². The first kappa shape index (κ1) is 20.3. The van der Waals surface area contributed by atoms with Crippen molar-refractivity contribution in [2.75, 3.05) is 10.6 Å². The summed E-state index contributed by atoms with van der Waals surface area (Å²) in [5.41, 5.74) is 4.81. The molecule has 4 heteroatoms. The number of anilines is 2. The fourth-order valence-electron chi connectivity index (χ4n) is 3.34. The van der Waals surface area contributed by atoms with Gasteiger partial charge in [-0.25, -0.2) is 0 Å². The molecule has 0 aliphatic rings. The molecule has 0 aliphatic carbocycles. The maximum absolute atomic E-state index is 12.9. The first-order valence-corrected chi connectivity index (χ1v) is 9.83. The minimum absolute atomic E-state index is 0.120. The zero-order chi connectivity index (χ0) is 20.8. The molecule has 29 heavy (non-hydrogen) atoms. The normalized spacial score (nSPS) is 11.6. The van der Waals surface area contributed by atoms with Gasteiger partial charge in [0.15, 0.2) is 0 Å². The highest BCUT2D eigenvalue weighted by atomic mass is 16.2. The summed E-state index contributed by atoms with van der Waals surface area (Å²) in [6.07, 6.45) is 0.673. The second kappa shape index (κ2) is 9.20. The van der Waals surface area contributed by atoms with E-state index in [1.54, 1.807) is 18.2 Å². The number of rotatable bonds is 6. The Morgan fingerprint density at radius 1 is 0.793 bits per heavy atom. The summed E-state index contributed by atoms with van der Waals surface area (Å²) in [5, 5.41) is 5.92. The van der Waals surface area contributed by atoms with Crippen LogP contribution in [0, 0.1) is 13.8 Å². The maximum atomic E-state index is 12.9. The van der Waals surface area contributed by atoms with Crippen LogP contribution in [0.4, 0.5) is 11.4 Å². The average Bonchev–Trinajstić information content (AvgIpc) is 2.73. The van der Waals surface area contributed by atoms with Gasteiger partial charge in [-0.3, -0.25) is 9.59 Å². The van der Waals surface area contributed by atoms with Crippen LogP contribution in [0.5, 0.6) is 0 Å². The second-order valence-corrected chi connectivity index (χ2v) is 7.11. The number of para-hydroxylation sites is 1. The average molecular weight is 386 g/mol. The van der Waals surface area contributed by atoms with Crippen molar-refractivity contribution in [3.8, 4) is 0 Å². The largest absolute Gasteiger partial charge is 0.325 e. The van der Waals surface area contributed by atoms with Crippen LogP contribution in [0.2, 0.25) is 0 Å². The van der Waals surface area contributed by atoms with Gasteiger partial charge in [-0.05, 0) is 55.2 Å². The lowest BCUT2D eigenvalue weighted by atomic mass is 9.95. The van der Waals surface area contributed by atoms with E-state index in [4.69, 9.17) is 0 Å². The second-order valence-electron chi connectivity index (χ2n) is 7.11. The highest BCUT2D eigenvalue weighted by Crippen LogP contribution is 2.25. The van der Waals surface area contributed by atoms with Crippen LogP contribution in [0.1, 0.15) is 46.3 Å². The van der Waals surface area contributed by atoms with Crippen LogP contribution in [0.3, 0.4) is 0 Å². The van der Waals surface area contributed by atoms with Gasteiger partial charge in [-0.2, -0.15) is 0 Å². The molecule has 0 fully saturated rings. The van der Waals surface area contributed by atoms with Gasteiger partial charge < -0.3 is 10.6 Å². The Morgan fingerprint density at radius 3 is 2.17 bits per heavy atom. The van der Waals surface area contributed by atoms with Gasteiger partial charge in [-0.1, -0.05) is 61.5 Å². The molecule has 4 nitrogen and oxygen atoms in total. The molecule has 2 N–H and O–H groups in total. The van der Waals surface area contributed by atoms with E-state index in [-0.39, 0.29) is 17.7 Å². The van der Waals surface area contributed by atoms with Gasteiger partial charge in [0.25, 0.3) is 5.91 Å². The lowest BCUT2D eigenvalue weighted by Crippen LogP contribution is -2.23. The van der Waals surface area contributed by atoms with Crippen molar-refractivity contribution < 1.29 is 9.59 Å². The third-order valence-corrected chi connectivity index (χ3v) is 5.21. The molecule has 0 saturated heterocycles. The maximum Gasteiger partial charge on any atom is 0.257 e. The van der Waals surface area contributed by atoms with Gasteiger partial charge in [0.2, 0.25) is 5.91 Å². The first-order valence-electron chi connectivity index (χ1n) is 9.83. The molecule has 0 aromatic heterocycles. The summed E-state index contributed by atoms with van der Waals surface area (Å²) >= 11 is 0. The summed E-state index contributed by atoms with van der Waals surface area (Å²) in [6.45, 7) is 5.97. The van der Waals surface area contributed by atoms with Crippen molar-refractivity contribution in [3.05, 3.63) is 95.1 Å². The minimum atomic E-state index is -0.272. The molecule has 3 rings (SSSR count). The van der Waals surface area contributed by atoms with Gasteiger partial charge in [0.05, 0.1) is 17.2 Å². The molecule has 3 aromatic rings. The zero-order valence-corrected chi connectivity index (χ0v) is 17.0. The van der Waals surface area contributed by atoms with E-state index in [1.807, 2.05) is 75.4 Å². The van der Waals surface area contributed by atoms with Crippen molar-refractivity contribution in [2.24, 2.45) is 0 Å². The Bertz CT molecular complexity index is 1010. The van der Waals surface area contributed by atoms with Crippen molar-refractivity contribution >= 4 is 23.2 Å². The zero-order valence-electron chi connectivity index (χ0n) is 17.0. The molecular formula is C25H26N2O2. The molecule has 0 heterocycles. The van der Waals surface area contributed by atoms with Crippen LogP contribution in [0.25, 0.3) is 0 Å². The number of amides is 2. The number of carbonyl (C=O) groups excluding carboxylic acids is 2. The fraction of sp³-hybridized carbons (Fsp3) is 0.200. The molecule has 0 aliphatic heterocycles. The fourth-order valence-corrected chi connectivity index (χ4v) is 3.34. The molecule has 0 bridgehead atoms. The van der Waals surface area contributed by atoms with E-state index in [2.05, 4.69) is 10.6 Å². The van der Waals surface area contributed by atoms with E-state index in [0.717, 1.165) is 22.4 Å². The third kappa shape index (κ3) is 4.72. The summed E-state index contributed by atoms with van der Waals surface area (Å²) in [6, 6.07) is 22.6. The highest BCUT2D eigenvalue weighted by molar-refractivity contribution is 6.10. The van der Waals surface area contributed by atoms with Gasteiger partial charge in [0, 0.05) is 5.69 Å². The van der Waals surface area contributed by atoms with Crippen LogP contribution in [0.15, 0.2) is 72.8 Å². The monoisotopic (exact) mass is 386 g/mol. The molecule has 1 atom stereocenters. The van der Waals surface area contributed by atoms with Gasteiger partial charge in [0.1, 0.15) is 0 Å². The van der Waals surface area contributed by atoms with Crippen LogP contribution < -0.4 is 10.6 Å². The standard InChI is InChI=1S/C25H26N2O2/c1-4-20(19-12-6-5-7-13-19)24(28)27-23-15-9-8-14-21(23)25(29)26-22-16-10-11-17(2)18(22)3/h5-16,20H,4H2,1-3H3,(H,26,29)(H,27,28)/t20-/m1/s1. The summed E-state index contributed by atoms with van der Waals surface area (Å²) in [7, 11) is 0. The quantitative estimate of drug-likeness (QED) is 0.572. The molecule has 0 spiro atoms. The summed E-state index contributed by atoms with van der Waals surface area (Å²) in [5.74, 6) is -0.639. The number of hydrogen-bond acceptors (Lipinski definition) is 2. The SMILES string of the molecule is CC[C@@H](C(=O)Nc1ccccc1C(=O)Nc1cccc(C)c1C)c1ccccc1. The first-order chi connectivity index (χ1) is 14.0. The Kier molecular flexibility index (Phi) is 6.45. The minimum Gasteiger partial charge on any atom is -0.325 e. The van der Waals surface area contributed by atoms with Crippen molar-refractivity contribution in [1.29, 1.82) is 0 Å². The number of benzene rings is 3. The Hall–Kier alpha value is -3.40. The van der Waals surface area contributed by atoms with Crippen molar-refractivity contribution in [3.63, 3.8) is 0 Å². The lowest BCUT2D eigenvalue weighted by molar-refractivity contribution is -0.117. The number of carbonyl (C=O) groups is 2. The Balaban J connectivity index is 1.82. The third-order valence-electron chi connectivity index (χ3n) is 5.21. The number of nitrogens with one attached hydrogen (secondary N) is 2. The van der Waals surface area contributed by atoms with Crippen molar-refractivity contribution in [1.82, 2.24) is 0 Å². The molecule has 148 valence electrons. The highest BCUT2D eigenvalue weighted by Gasteiger charge is 2.21. The Labute approximate surface area is 172 Å². The number of hydrogen-bond donors (Lipinski definition) is 2. The smallest absolute Gasteiger partial charge is 0.257 e. The predicted molar refractivity (Wildman–Crippen MR) is 118 cm³/mol. The molecule has 0 saturated carbocycles. The van der Waals surface area contributed by atoms with E-state index < -0.39 is 0 Å². The molecule has 2 amide bonds. The topological polar surface area (TPSA) is 58.2 Å². The summed E-state index contributed by atoms with van der Waals surface area (Å²) in [4.78, 5) is 25.9. The molecule has 3 aromatic carbocycles. The molecule has 0 unspecified atom stereocenters. The number of aryl methyl sites for hydroxylation is 1. The van der Waals surface area contributed by atoms with Crippen LogP contribution >= 0.6 is 0 Å². The molecule has 0 radical (unpaired) electrons. The predicted octanol–water partition coefficient (Wildman–Crippen LogP) is 5.69. The Morgan fingerprint density at radius 2 is 1.45 bits per heavy atom. The van der Waals surface area contributed by atoms with Crippen LogP contribution in [-0.4, -0.2) is 11.8 Å². The molecular weight excluding hydrogens is 360 g/mol. The van der Waals surface area contributed by atoms with E-state index in [1.165, 1.54) is 0 Å². The van der Waals surface area contributed by atoms with E-state index >= 15 is 0 Å². The van der Waals surface area contributed by atoms with Gasteiger partial charge >= 0.3 is 0 Å². The van der Waals surface area contributed by atoms with E-state index in [0.29, 0.717) is 17.7 Å².